The first kappa shape index (κ1) is 13.6. The standard InChI is InChI=1S/C15H19NO3/c1-3-19-14(15(17)18)7-9-16-8-6-12-10-11(2)4-5-13(12)16/h4-6,8,10,14H,3,7,9H2,1-2H3,(H,17,18). The van der Waals surface area contributed by atoms with E-state index in [1.54, 1.807) is 0 Å². The topological polar surface area (TPSA) is 51.5 Å². The highest BCUT2D eigenvalue weighted by atomic mass is 16.5. The minimum Gasteiger partial charge on any atom is -0.479 e. The quantitative estimate of drug-likeness (QED) is 0.870. The van der Waals surface area contributed by atoms with Crippen LogP contribution in [0.1, 0.15) is 18.9 Å². The molecule has 4 nitrogen and oxygen atoms in total. The van der Waals surface area contributed by atoms with Crippen LogP contribution in [0.3, 0.4) is 0 Å². The second-order valence-electron chi connectivity index (χ2n) is 4.64. The molecule has 0 amide bonds. The molecule has 0 bridgehead atoms. The Kier molecular flexibility index (Phi) is 4.22. The van der Waals surface area contributed by atoms with Crippen molar-refractivity contribution in [3.63, 3.8) is 0 Å². The zero-order chi connectivity index (χ0) is 13.8. The van der Waals surface area contributed by atoms with Crippen molar-refractivity contribution in [3.8, 4) is 0 Å². The Bertz CT molecular complexity index is 574. The Morgan fingerprint density at radius 1 is 1.42 bits per heavy atom. The monoisotopic (exact) mass is 261 g/mol. The van der Waals surface area contributed by atoms with E-state index in [2.05, 4.69) is 35.8 Å². The minimum atomic E-state index is -0.894. The van der Waals surface area contributed by atoms with Gasteiger partial charge in [-0.3, -0.25) is 0 Å². The summed E-state index contributed by atoms with van der Waals surface area (Å²) in [6, 6.07) is 8.32. The molecule has 0 saturated heterocycles. The summed E-state index contributed by atoms with van der Waals surface area (Å²) in [5.41, 5.74) is 2.36. The van der Waals surface area contributed by atoms with E-state index in [0.717, 1.165) is 5.52 Å². The predicted octanol–water partition coefficient (Wildman–Crippen LogP) is 2.83. The summed E-state index contributed by atoms with van der Waals surface area (Å²) >= 11 is 0. The van der Waals surface area contributed by atoms with Crippen LogP contribution in [0.2, 0.25) is 0 Å². The maximum Gasteiger partial charge on any atom is 0.332 e. The average molecular weight is 261 g/mol. The summed E-state index contributed by atoms with van der Waals surface area (Å²) in [5.74, 6) is -0.894. The molecule has 2 aromatic rings. The summed E-state index contributed by atoms with van der Waals surface area (Å²) in [7, 11) is 0. The van der Waals surface area contributed by atoms with Gasteiger partial charge in [-0.15, -0.1) is 0 Å². The van der Waals surface area contributed by atoms with E-state index in [1.807, 2.05) is 13.1 Å². The summed E-state index contributed by atoms with van der Waals surface area (Å²) in [4.78, 5) is 11.0. The number of nitrogens with zero attached hydrogens (tertiary/aromatic N) is 1. The smallest absolute Gasteiger partial charge is 0.332 e. The Balaban J connectivity index is 2.11. The fourth-order valence-electron chi connectivity index (χ4n) is 2.25. The molecule has 1 aromatic carbocycles. The first-order valence-electron chi connectivity index (χ1n) is 6.51. The van der Waals surface area contributed by atoms with Crippen molar-refractivity contribution in [2.24, 2.45) is 0 Å². The van der Waals surface area contributed by atoms with Gasteiger partial charge in [0.25, 0.3) is 0 Å². The lowest BCUT2D eigenvalue weighted by molar-refractivity contribution is -0.150. The van der Waals surface area contributed by atoms with Gasteiger partial charge in [0.1, 0.15) is 0 Å². The predicted molar refractivity (Wildman–Crippen MR) is 74.3 cm³/mol. The number of benzene rings is 1. The third-order valence-corrected chi connectivity index (χ3v) is 3.20. The van der Waals surface area contributed by atoms with Crippen LogP contribution in [0.25, 0.3) is 10.9 Å². The van der Waals surface area contributed by atoms with Crippen LogP contribution in [0, 0.1) is 6.92 Å². The van der Waals surface area contributed by atoms with Gasteiger partial charge < -0.3 is 14.4 Å². The number of fused-ring (bicyclic) bond motifs is 1. The van der Waals surface area contributed by atoms with Crippen LogP contribution in [-0.4, -0.2) is 28.4 Å². The number of aryl methyl sites for hydroxylation is 2. The number of aliphatic carboxylic acids is 1. The third kappa shape index (κ3) is 3.15. The highest BCUT2D eigenvalue weighted by Gasteiger charge is 2.17. The molecule has 0 aliphatic rings. The Morgan fingerprint density at radius 2 is 2.21 bits per heavy atom. The lowest BCUT2D eigenvalue weighted by Gasteiger charge is -2.13. The van der Waals surface area contributed by atoms with Gasteiger partial charge in [-0.25, -0.2) is 4.79 Å². The molecule has 1 heterocycles. The second-order valence-corrected chi connectivity index (χ2v) is 4.64. The molecule has 1 atom stereocenters. The van der Waals surface area contributed by atoms with Gasteiger partial charge in [0, 0.05) is 31.3 Å². The molecule has 1 aromatic heterocycles. The average Bonchev–Trinajstić information content (AvgIpc) is 2.76. The fourth-order valence-corrected chi connectivity index (χ4v) is 2.25. The number of hydrogen-bond acceptors (Lipinski definition) is 2. The van der Waals surface area contributed by atoms with E-state index in [0.29, 0.717) is 19.6 Å². The fraction of sp³-hybridized carbons (Fsp3) is 0.400. The molecule has 0 aliphatic heterocycles. The van der Waals surface area contributed by atoms with Gasteiger partial charge >= 0.3 is 5.97 Å². The molecule has 1 N–H and O–H groups in total. The highest BCUT2D eigenvalue weighted by Crippen LogP contribution is 2.18. The minimum absolute atomic E-state index is 0.419. The van der Waals surface area contributed by atoms with Gasteiger partial charge in [-0.2, -0.15) is 0 Å². The molecule has 19 heavy (non-hydrogen) atoms. The number of rotatable bonds is 6. The van der Waals surface area contributed by atoms with Gasteiger partial charge in [-0.1, -0.05) is 11.6 Å². The first-order valence-corrected chi connectivity index (χ1v) is 6.51. The second kappa shape index (κ2) is 5.89. The van der Waals surface area contributed by atoms with Crippen molar-refractivity contribution in [1.82, 2.24) is 4.57 Å². The van der Waals surface area contributed by atoms with Gasteiger partial charge in [0.15, 0.2) is 6.10 Å². The Labute approximate surface area is 112 Å². The lowest BCUT2D eigenvalue weighted by atomic mass is 10.2. The summed E-state index contributed by atoms with van der Waals surface area (Å²) in [6.07, 6.45) is 1.74. The van der Waals surface area contributed by atoms with Crippen molar-refractivity contribution in [1.29, 1.82) is 0 Å². The maximum atomic E-state index is 11.0. The number of hydrogen-bond donors (Lipinski definition) is 1. The van der Waals surface area contributed by atoms with Gasteiger partial charge in [0.05, 0.1) is 0 Å². The molecule has 4 heteroatoms. The Hall–Kier alpha value is -1.81. The molecule has 0 fully saturated rings. The molecule has 1 unspecified atom stereocenters. The van der Waals surface area contributed by atoms with E-state index in [4.69, 9.17) is 9.84 Å². The largest absolute Gasteiger partial charge is 0.479 e. The zero-order valence-corrected chi connectivity index (χ0v) is 11.3. The molecule has 0 saturated carbocycles. The summed E-state index contributed by atoms with van der Waals surface area (Å²) < 4.78 is 7.29. The Morgan fingerprint density at radius 3 is 2.89 bits per heavy atom. The molecule has 0 aliphatic carbocycles. The van der Waals surface area contributed by atoms with Crippen LogP contribution in [0.4, 0.5) is 0 Å². The van der Waals surface area contributed by atoms with Crippen molar-refractivity contribution < 1.29 is 14.6 Å². The number of ether oxygens (including phenoxy) is 1. The number of carbonyl (C=O) groups is 1. The van der Waals surface area contributed by atoms with Crippen LogP contribution >= 0.6 is 0 Å². The maximum absolute atomic E-state index is 11.0. The van der Waals surface area contributed by atoms with Crippen molar-refractivity contribution in [3.05, 3.63) is 36.0 Å². The SMILES string of the molecule is CCOC(CCn1ccc2cc(C)ccc21)C(=O)O. The lowest BCUT2D eigenvalue weighted by Crippen LogP contribution is -2.25. The third-order valence-electron chi connectivity index (χ3n) is 3.20. The molecular weight excluding hydrogens is 242 g/mol. The zero-order valence-electron chi connectivity index (χ0n) is 11.3. The highest BCUT2D eigenvalue weighted by molar-refractivity contribution is 5.80. The van der Waals surface area contributed by atoms with E-state index in [-0.39, 0.29) is 0 Å². The van der Waals surface area contributed by atoms with Crippen molar-refractivity contribution >= 4 is 16.9 Å². The van der Waals surface area contributed by atoms with Crippen LogP contribution in [0.5, 0.6) is 0 Å². The van der Waals surface area contributed by atoms with E-state index in [9.17, 15) is 4.79 Å². The number of aromatic nitrogens is 1. The van der Waals surface area contributed by atoms with Crippen LogP contribution in [-0.2, 0) is 16.1 Å². The molecule has 102 valence electrons. The van der Waals surface area contributed by atoms with E-state index in [1.165, 1.54) is 10.9 Å². The van der Waals surface area contributed by atoms with E-state index < -0.39 is 12.1 Å². The molecule has 2 rings (SSSR count). The normalized spacial score (nSPS) is 12.7. The first-order chi connectivity index (χ1) is 9.11. The number of carboxylic acids is 1. The number of carboxylic acid groups (broad SMARTS) is 1. The summed E-state index contributed by atoms with van der Waals surface area (Å²) in [5, 5.41) is 10.2. The van der Waals surface area contributed by atoms with Crippen molar-refractivity contribution in [2.45, 2.75) is 32.9 Å². The molecule has 0 spiro atoms. The molecule has 0 radical (unpaired) electrons. The van der Waals surface area contributed by atoms with Crippen molar-refractivity contribution in [2.75, 3.05) is 6.61 Å². The van der Waals surface area contributed by atoms with Gasteiger partial charge in [-0.05, 0) is 37.4 Å². The van der Waals surface area contributed by atoms with Crippen LogP contribution in [0.15, 0.2) is 30.5 Å². The summed E-state index contributed by atoms with van der Waals surface area (Å²) in [6.45, 7) is 4.93. The van der Waals surface area contributed by atoms with E-state index >= 15 is 0 Å². The van der Waals surface area contributed by atoms with Crippen LogP contribution < -0.4 is 0 Å². The molecular formula is C15H19NO3. The van der Waals surface area contributed by atoms with Gasteiger partial charge in [0.2, 0.25) is 0 Å².